The van der Waals surface area contributed by atoms with Crippen LogP contribution in [0, 0.1) is 17.5 Å². The first-order valence-corrected chi connectivity index (χ1v) is 5.28. The van der Waals surface area contributed by atoms with Crippen LogP contribution in [0.3, 0.4) is 0 Å². The Kier molecular flexibility index (Phi) is 5.22. The van der Waals surface area contributed by atoms with E-state index in [4.69, 9.17) is 5.73 Å². The molecule has 0 atom stereocenters. The summed E-state index contributed by atoms with van der Waals surface area (Å²) in [7, 11) is 0. The molecule has 0 bridgehead atoms. The van der Waals surface area contributed by atoms with Crippen LogP contribution >= 0.6 is 0 Å². The molecule has 2 N–H and O–H groups in total. The number of benzene rings is 1. The lowest BCUT2D eigenvalue weighted by Crippen LogP contribution is -2.39. The third kappa shape index (κ3) is 3.88. The first-order valence-electron chi connectivity index (χ1n) is 5.28. The van der Waals surface area contributed by atoms with Crippen LogP contribution in [0.15, 0.2) is 12.1 Å². The van der Waals surface area contributed by atoms with Crippen molar-refractivity contribution in [2.24, 2.45) is 5.73 Å². The van der Waals surface area contributed by atoms with Gasteiger partial charge in [0, 0.05) is 25.2 Å². The Morgan fingerprint density at radius 3 is 2.16 bits per heavy atom. The Balaban J connectivity index is 3.09. The molecule has 0 heterocycles. The van der Waals surface area contributed by atoms with E-state index in [1.54, 1.807) is 0 Å². The molecular weight excluding hydrogens is 271 g/mol. The molecule has 8 heteroatoms. The average molecular weight is 282 g/mol. The van der Waals surface area contributed by atoms with Gasteiger partial charge < -0.3 is 10.6 Å². The maximum absolute atomic E-state index is 13.4. The fourth-order valence-electron chi connectivity index (χ4n) is 1.50. The molecule has 1 rings (SSSR count). The van der Waals surface area contributed by atoms with Gasteiger partial charge in [-0.1, -0.05) is 0 Å². The summed E-state index contributed by atoms with van der Waals surface area (Å²) in [5.41, 5.74) is 4.06. The lowest BCUT2D eigenvalue weighted by Gasteiger charge is -2.22. The molecule has 0 radical (unpaired) electrons. The number of halogens is 5. The molecule has 0 saturated heterocycles. The van der Waals surface area contributed by atoms with Gasteiger partial charge in [-0.05, 0) is 0 Å². The first-order chi connectivity index (χ1) is 8.86. The summed E-state index contributed by atoms with van der Waals surface area (Å²) in [5, 5.41) is 0. The van der Waals surface area contributed by atoms with Gasteiger partial charge in [0.05, 0.1) is 6.54 Å². The van der Waals surface area contributed by atoms with Gasteiger partial charge in [0.1, 0.15) is 23.0 Å². The van der Waals surface area contributed by atoms with Crippen LogP contribution in [-0.4, -0.2) is 36.9 Å². The molecule has 106 valence electrons. The highest BCUT2D eigenvalue weighted by atomic mass is 19.3. The van der Waals surface area contributed by atoms with Crippen molar-refractivity contribution in [3.63, 3.8) is 0 Å². The monoisotopic (exact) mass is 282 g/mol. The van der Waals surface area contributed by atoms with Gasteiger partial charge in [-0.15, -0.1) is 0 Å². The molecule has 1 aromatic carbocycles. The summed E-state index contributed by atoms with van der Waals surface area (Å²) in [5.74, 6) is -5.39. The first kappa shape index (κ1) is 15.4. The van der Waals surface area contributed by atoms with Crippen molar-refractivity contribution in [3.8, 4) is 0 Å². The number of carbonyl (C=O) groups is 1. The van der Waals surface area contributed by atoms with Crippen LogP contribution < -0.4 is 5.73 Å². The second-order valence-electron chi connectivity index (χ2n) is 3.68. The van der Waals surface area contributed by atoms with E-state index >= 15 is 0 Å². The number of amides is 1. The van der Waals surface area contributed by atoms with Gasteiger partial charge in [-0.2, -0.15) is 0 Å². The van der Waals surface area contributed by atoms with Crippen molar-refractivity contribution in [2.75, 3.05) is 19.6 Å². The molecule has 3 nitrogen and oxygen atoms in total. The van der Waals surface area contributed by atoms with E-state index in [-0.39, 0.29) is 13.1 Å². The number of alkyl halides is 2. The average Bonchev–Trinajstić information content (AvgIpc) is 2.26. The van der Waals surface area contributed by atoms with Crippen LogP contribution in [0.5, 0.6) is 0 Å². The van der Waals surface area contributed by atoms with Crippen molar-refractivity contribution >= 4 is 5.91 Å². The molecule has 0 fully saturated rings. The fraction of sp³-hybridized carbons (Fsp3) is 0.364. The van der Waals surface area contributed by atoms with Gasteiger partial charge in [0.15, 0.2) is 0 Å². The molecule has 0 saturated carbocycles. The van der Waals surface area contributed by atoms with Crippen LogP contribution in [0.1, 0.15) is 10.4 Å². The highest BCUT2D eigenvalue weighted by molar-refractivity contribution is 5.94. The smallest absolute Gasteiger partial charge is 0.260 e. The lowest BCUT2D eigenvalue weighted by molar-refractivity contribution is 0.0554. The SMILES string of the molecule is NCCN(CC(F)F)C(=O)c1c(F)cc(F)cc1F. The Hall–Kier alpha value is -1.70. The van der Waals surface area contributed by atoms with Crippen LogP contribution in [0.25, 0.3) is 0 Å². The zero-order chi connectivity index (χ0) is 14.6. The van der Waals surface area contributed by atoms with E-state index in [1.807, 2.05) is 0 Å². The van der Waals surface area contributed by atoms with Gasteiger partial charge in [-0.25, -0.2) is 22.0 Å². The maximum Gasteiger partial charge on any atom is 0.260 e. The van der Waals surface area contributed by atoms with Crippen LogP contribution in [0.2, 0.25) is 0 Å². The molecule has 1 amide bonds. The van der Waals surface area contributed by atoms with Crippen molar-refractivity contribution in [2.45, 2.75) is 6.43 Å². The van der Waals surface area contributed by atoms with Crippen molar-refractivity contribution in [1.29, 1.82) is 0 Å². The van der Waals surface area contributed by atoms with Gasteiger partial charge in [0.25, 0.3) is 12.3 Å². The summed E-state index contributed by atoms with van der Waals surface area (Å²) in [6.45, 7) is -1.45. The molecule has 0 aliphatic carbocycles. The van der Waals surface area contributed by atoms with Gasteiger partial charge in [-0.3, -0.25) is 4.79 Å². The predicted molar refractivity (Wildman–Crippen MR) is 57.3 cm³/mol. The van der Waals surface area contributed by atoms with Crippen molar-refractivity contribution < 1.29 is 26.7 Å². The molecule has 0 aliphatic rings. The lowest BCUT2D eigenvalue weighted by atomic mass is 10.1. The van der Waals surface area contributed by atoms with Gasteiger partial charge >= 0.3 is 0 Å². The molecule has 1 aromatic rings. The maximum atomic E-state index is 13.4. The number of rotatable bonds is 5. The number of nitrogens with zero attached hydrogens (tertiary/aromatic N) is 1. The molecule has 0 unspecified atom stereocenters. The molecule has 0 aliphatic heterocycles. The third-order valence-electron chi connectivity index (χ3n) is 2.27. The zero-order valence-corrected chi connectivity index (χ0v) is 9.68. The Morgan fingerprint density at radius 2 is 1.74 bits per heavy atom. The minimum Gasteiger partial charge on any atom is -0.331 e. The van der Waals surface area contributed by atoms with Crippen molar-refractivity contribution in [3.05, 3.63) is 35.1 Å². The molecular formula is C11H11F5N2O. The minimum atomic E-state index is -2.87. The number of hydrogen-bond donors (Lipinski definition) is 1. The molecule has 0 aromatic heterocycles. The second-order valence-corrected chi connectivity index (χ2v) is 3.68. The number of nitrogens with two attached hydrogens (primary N) is 1. The molecule has 0 spiro atoms. The summed E-state index contributed by atoms with van der Waals surface area (Å²) in [6.07, 6.45) is -2.87. The van der Waals surface area contributed by atoms with Crippen molar-refractivity contribution in [1.82, 2.24) is 4.90 Å². The minimum absolute atomic E-state index is 0.150. The Morgan fingerprint density at radius 1 is 1.21 bits per heavy atom. The Bertz CT molecular complexity index is 443. The summed E-state index contributed by atoms with van der Waals surface area (Å²) in [4.78, 5) is 12.3. The largest absolute Gasteiger partial charge is 0.331 e. The quantitative estimate of drug-likeness (QED) is 0.837. The third-order valence-corrected chi connectivity index (χ3v) is 2.27. The topological polar surface area (TPSA) is 46.3 Å². The Labute approximate surface area is 105 Å². The van der Waals surface area contributed by atoms with Crippen LogP contribution in [0.4, 0.5) is 22.0 Å². The van der Waals surface area contributed by atoms with Gasteiger partial charge in [0.2, 0.25) is 0 Å². The molecule has 19 heavy (non-hydrogen) atoms. The second kappa shape index (κ2) is 6.46. The fourth-order valence-corrected chi connectivity index (χ4v) is 1.50. The summed E-state index contributed by atoms with van der Waals surface area (Å²) < 4.78 is 63.9. The van der Waals surface area contributed by atoms with E-state index < -0.39 is 41.9 Å². The van der Waals surface area contributed by atoms with E-state index in [0.29, 0.717) is 17.0 Å². The standard InChI is InChI=1S/C11H11F5N2O/c12-6-3-7(13)10(8(14)4-6)11(19)18(2-1-17)5-9(15)16/h3-4,9H,1-2,5,17H2. The number of carbonyl (C=O) groups excluding carboxylic acids is 1. The summed E-state index contributed by atoms with van der Waals surface area (Å²) in [6, 6.07) is 0.610. The van der Waals surface area contributed by atoms with E-state index in [1.165, 1.54) is 0 Å². The van der Waals surface area contributed by atoms with E-state index in [0.717, 1.165) is 0 Å². The highest BCUT2D eigenvalue weighted by Crippen LogP contribution is 2.17. The number of hydrogen-bond acceptors (Lipinski definition) is 2. The highest BCUT2D eigenvalue weighted by Gasteiger charge is 2.25. The summed E-state index contributed by atoms with van der Waals surface area (Å²) >= 11 is 0. The van der Waals surface area contributed by atoms with E-state index in [2.05, 4.69) is 0 Å². The van der Waals surface area contributed by atoms with E-state index in [9.17, 15) is 26.7 Å². The van der Waals surface area contributed by atoms with Crippen LogP contribution in [-0.2, 0) is 0 Å². The predicted octanol–water partition coefficient (Wildman–Crippen LogP) is 1.77. The zero-order valence-electron chi connectivity index (χ0n) is 9.68. The normalized spacial score (nSPS) is 10.9.